The van der Waals surface area contributed by atoms with Crippen LogP contribution < -0.4 is 5.32 Å². The third-order valence-corrected chi connectivity index (χ3v) is 6.45. The predicted molar refractivity (Wildman–Crippen MR) is 143 cm³/mol. The highest BCUT2D eigenvalue weighted by Gasteiger charge is 2.29. The first-order valence-corrected chi connectivity index (χ1v) is 11.7. The number of ether oxygens (including phenoxy) is 1. The molecule has 0 aliphatic carbocycles. The first-order valence-electron chi connectivity index (χ1n) is 11.7. The van der Waals surface area contributed by atoms with Crippen molar-refractivity contribution in [2.24, 2.45) is 10.9 Å². The number of carbonyl (C=O) groups is 1. The quantitative estimate of drug-likeness (QED) is 0.334. The second-order valence-corrected chi connectivity index (χ2v) is 8.62. The van der Waals surface area contributed by atoms with Crippen LogP contribution in [0.5, 0.6) is 0 Å². The van der Waals surface area contributed by atoms with Crippen LogP contribution in [0.4, 0.5) is 0 Å². The fourth-order valence-electron chi connectivity index (χ4n) is 4.70. The number of carbonyl (C=O) groups excluding carboxylic acids is 1. The molecular weight excluding hydrogens is 527 g/mol. The highest BCUT2D eigenvalue weighted by atomic mass is 127. The first-order chi connectivity index (χ1) is 15.7. The van der Waals surface area contributed by atoms with Gasteiger partial charge >= 0.3 is 0 Å². The van der Waals surface area contributed by atoms with Gasteiger partial charge in [-0.15, -0.1) is 24.0 Å². The van der Waals surface area contributed by atoms with Crippen LogP contribution in [0.1, 0.15) is 23.5 Å². The Bertz CT molecular complexity index is 888. The summed E-state index contributed by atoms with van der Waals surface area (Å²) >= 11 is 0. The number of halogens is 1. The number of rotatable bonds is 6. The second kappa shape index (κ2) is 12.9. The van der Waals surface area contributed by atoms with Gasteiger partial charge in [-0.3, -0.25) is 9.79 Å². The Kier molecular flexibility index (Phi) is 9.99. The molecule has 0 aromatic heterocycles. The molecule has 2 saturated heterocycles. The molecule has 4 rings (SSSR count). The van der Waals surface area contributed by atoms with E-state index in [1.54, 1.807) is 0 Å². The number of benzene rings is 2. The Morgan fingerprint density at radius 2 is 1.70 bits per heavy atom. The normalized spacial score (nSPS) is 19.7. The van der Waals surface area contributed by atoms with Gasteiger partial charge in [-0.2, -0.15) is 0 Å². The van der Waals surface area contributed by atoms with Crippen LogP contribution in [-0.4, -0.2) is 74.7 Å². The number of aliphatic imine (C=N–C) groups is 1. The zero-order valence-electron chi connectivity index (χ0n) is 19.4. The van der Waals surface area contributed by atoms with Crippen molar-refractivity contribution >= 4 is 35.8 Å². The first kappa shape index (κ1) is 25.5. The third kappa shape index (κ3) is 6.93. The Morgan fingerprint density at radius 1 is 1.03 bits per heavy atom. The zero-order chi connectivity index (χ0) is 22.2. The molecule has 0 spiro atoms. The van der Waals surface area contributed by atoms with E-state index in [0.29, 0.717) is 38.8 Å². The molecule has 1 N–H and O–H groups in total. The second-order valence-electron chi connectivity index (χ2n) is 8.62. The van der Waals surface area contributed by atoms with Gasteiger partial charge in [0.05, 0.1) is 19.1 Å². The average molecular weight is 562 g/mol. The summed E-state index contributed by atoms with van der Waals surface area (Å²) in [6, 6.07) is 20.8. The van der Waals surface area contributed by atoms with Crippen LogP contribution in [0.3, 0.4) is 0 Å². The molecular formula is C26H35IN4O2. The van der Waals surface area contributed by atoms with Crippen molar-refractivity contribution < 1.29 is 9.53 Å². The Balaban J connectivity index is 0.00000306. The van der Waals surface area contributed by atoms with Crippen molar-refractivity contribution in [1.82, 2.24) is 15.1 Å². The lowest BCUT2D eigenvalue weighted by Crippen LogP contribution is -2.47. The number of nitrogens with zero attached hydrogens (tertiary/aromatic N) is 3. The Labute approximate surface area is 214 Å². The number of hydrogen-bond donors (Lipinski definition) is 1. The lowest BCUT2D eigenvalue weighted by molar-refractivity contribution is -0.136. The van der Waals surface area contributed by atoms with E-state index in [1.165, 1.54) is 5.56 Å². The van der Waals surface area contributed by atoms with Gasteiger partial charge in [0.15, 0.2) is 5.96 Å². The summed E-state index contributed by atoms with van der Waals surface area (Å²) in [5.41, 5.74) is 2.43. The molecule has 2 aromatic carbocycles. The maximum Gasteiger partial charge on any atom is 0.232 e. The van der Waals surface area contributed by atoms with E-state index in [1.807, 2.05) is 42.3 Å². The summed E-state index contributed by atoms with van der Waals surface area (Å²) in [5, 5.41) is 3.51. The molecule has 2 heterocycles. The van der Waals surface area contributed by atoms with E-state index < -0.39 is 0 Å². The summed E-state index contributed by atoms with van der Waals surface area (Å²) in [4.78, 5) is 22.1. The summed E-state index contributed by atoms with van der Waals surface area (Å²) in [6.45, 7) is 5.05. The molecule has 1 amide bonds. The zero-order valence-corrected chi connectivity index (χ0v) is 21.7. The molecule has 7 heteroatoms. The summed E-state index contributed by atoms with van der Waals surface area (Å²) < 4.78 is 5.44. The largest absolute Gasteiger partial charge is 0.378 e. The summed E-state index contributed by atoms with van der Waals surface area (Å²) in [7, 11) is 1.83. The molecule has 2 atom stereocenters. The molecule has 2 aliphatic heterocycles. The maximum absolute atomic E-state index is 13.4. The molecule has 2 aromatic rings. The number of amides is 1. The molecule has 0 saturated carbocycles. The topological polar surface area (TPSA) is 57.2 Å². The fraction of sp³-hybridized carbons (Fsp3) is 0.462. The van der Waals surface area contributed by atoms with E-state index in [0.717, 1.165) is 37.5 Å². The minimum absolute atomic E-state index is 0. The number of hydrogen-bond acceptors (Lipinski definition) is 3. The number of morpholine rings is 1. The molecule has 2 aliphatic rings. The monoisotopic (exact) mass is 562 g/mol. The van der Waals surface area contributed by atoms with Gasteiger partial charge in [0, 0.05) is 39.8 Å². The van der Waals surface area contributed by atoms with Crippen molar-refractivity contribution in [3.05, 3.63) is 71.8 Å². The number of likely N-dealkylation sites (tertiary alicyclic amines) is 1. The Morgan fingerprint density at radius 3 is 2.36 bits per heavy atom. The lowest BCUT2D eigenvalue weighted by atomic mass is 9.97. The minimum Gasteiger partial charge on any atom is -0.378 e. The van der Waals surface area contributed by atoms with Crippen molar-refractivity contribution in [3.8, 4) is 0 Å². The van der Waals surface area contributed by atoms with E-state index >= 15 is 0 Å². The standard InChI is InChI=1S/C26H34N4O2.HI/c1-27-26(30-13-12-22(20-30)18-21-8-4-2-5-9-21)28-19-24(23-10-6-3-7-11-23)25(31)29-14-16-32-17-15-29;/h2-11,22,24H,12-20H2,1H3,(H,27,28);1H. The number of nitrogens with one attached hydrogen (secondary N) is 1. The molecule has 0 bridgehead atoms. The van der Waals surface area contributed by atoms with Crippen molar-refractivity contribution in [3.63, 3.8) is 0 Å². The van der Waals surface area contributed by atoms with Gasteiger partial charge in [-0.05, 0) is 29.9 Å². The van der Waals surface area contributed by atoms with E-state index in [2.05, 4.69) is 45.5 Å². The lowest BCUT2D eigenvalue weighted by Gasteiger charge is -2.31. The van der Waals surface area contributed by atoms with Gasteiger partial charge in [0.25, 0.3) is 0 Å². The van der Waals surface area contributed by atoms with Gasteiger partial charge in [-0.25, -0.2) is 0 Å². The van der Waals surface area contributed by atoms with Crippen molar-refractivity contribution in [1.29, 1.82) is 0 Å². The summed E-state index contributed by atoms with van der Waals surface area (Å²) in [5.74, 6) is 1.42. The van der Waals surface area contributed by atoms with Gasteiger partial charge in [0.2, 0.25) is 5.91 Å². The molecule has 0 radical (unpaired) electrons. The van der Waals surface area contributed by atoms with Gasteiger partial charge in [-0.1, -0.05) is 60.7 Å². The van der Waals surface area contributed by atoms with Gasteiger partial charge < -0.3 is 19.9 Å². The molecule has 6 nitrogen and oxygen atoms in total. The highest BCUT2D eigenvalue weighted by molar-refractivity contribution is 14.0. The predicted octanol–water partition coefficient (Wildman–Crippen LogP) is 3.39. The summed E-state index contributed by atoms with van der Waals surface area (Å²) in [6.07, 6.45) is 2.25. The van der Waals surface area contributed by atoms with Crippen LogP contribution in [0.15, 0.2) is 65.7 Å². The van der Waals surface area contributed by atoms with Crippen LogP contribution >= 0.6 is 24.0 Å². The fourth-order valence-corrected chi connectivity index (χ4v) is 4.70. The maximum atomic E-state index is 13.4. The minimum atomic E-state index is -0.242. The molecule has 2 fully saturated rings. The SMILES string of the molecule is CN=C(NCC(C(=O)N1CCOCC1)c1ccccc1)N1CCC(Cc2ccccc2)C1.I. The highest BCUT2D eigenvalue weighted by Crippen LogP contribution is 2.22. The van der Waals surface area contributed by atoms with E-state index in [-0.39, 0.29) is 35.8 Å². The van der Waals surface area contributed by atoms with E-state index in [9.17, 15) is 4.79 Å². The van der Waals surface area contributed by atoms with Gasteiger partial charge in [0.1, 0.15) is 0 Å². The van der Waals surface area contributed by atoms with Crippen LogP contribution in [0.25, 0.3) is 0 Å². The average Bonchev–Trinajstić information content (AvgIpc) is 3.31. The molecule has 33 heavy (non-hydrogen) atoms. The third-order valence-electron chi connectivity index (χ3n) is 6.45. The molecule has 178 valence electrons. The Hall–Kier alpha value is -2.13. The van der Waals surface area contributed by atoms with E-state index in [4.69, 9.17) is 4.74 Å². The van der Waals surface area contributed by atoms with Crippen LogP contribution in [0.2, 0.25) is 0 Å². The number of guanidine groups is 1. The van der Waals surface area contributed by atoms with Crippen molar-refractivity contribution in [2.45, 2.75) is 18.8 Å². The smallest absolute Gasteiger partial charge is 0.232 e. The molecule has 2 unspecified atom stereocenters. The van der Waals surface area contributed by atoms with Crippen LogP contribution in [-0.2, 0) is 16.0 Å². The van der Waals surface area contributed by atoms with Crippen molar-refractivity contribution in [2.75, 3.05) is 53.0 Å². The van der Waals surface area contributed by atoms with Crippen LogP contribution in [0, 0.1) is 5.92 Å².